The molecule has 2 heterocycles. The highest BCUT2D eigenvalue weighted by Crippen LogP contribution is 2.38. The zero-order valence-electron chi connectivity index (χ0n) is 14.6. The summed E-state index contributed by atoms with van der Waals surface area (Å²) in [7, 11) is 0. The normalized spacial score (nSPS) is 21.8. The topological polar surface area (TPSA) is 6.48 Å². The molecule has 0 aliphatic carbocycles. The quantitative estimate of drug-likeness (QED) is 0.758. The maximum atomic E-state index is 2.73. The van der Waals surface area contributed by atoms with Crippen molar-refractivity contribution < 1.29 is 0 Å². The van der Waals surface area contributed by atoms with Crippen LogP contribution in [0.1, 0.15) is 30.0 Å². The van der Waals surface area contributed by atoms with E-state index in [9.17, 15) is 0 Å². The average Bonchev–Trinajstić information content (AvgIpc) is 2.86. The van der Waals surface area contributed by atoms with Crippen LogP contribution in [-0.2, 0) is 6.54 Å². The summed E-state index contributed by atoms with van der Waals surface area (Å²) in [6.45, 7) is 5.83. The molecular weight excluding hydrogens is 348 g/mol. The molecule has 2 aromatic carbocycles. The molecule has 4 rings (SSSR count). The lowest BCUT2D eigenvalue weighted by Crippen LogP contribution is -2.47. The SMILES string of the molecule is Cl.c1ccc(CN2CCN(C3CCCSc4ccccc43)CC2)cc1. The lowest BCUT2D eigenvalue weighted by atomic mass is 9.99. The summed E-state index contributed by atoms with van der Waals surface area (Å²) >= 11 is 2.04. The van der Waals surface area contributed by atoms with Gasteiger partial charge in [0.2, 0.25) is 0 Å². The van der Waals surface area contributed by atoms with Crippen LogP contribution < -0.4 is 0 Å². The molecule has 0 spiro atoms. The number of benzene rings is 2. The summed E-state index contributed by atoms with van der Waals surface area (Å²) in [5.74, 6) is 1.27. The summed E-state index contributed by atoms with van der Waals surface area (Å²) in [4.78, 5) is 6.83. The van der Waals surface area contributed by atoms with Crippen LogP contribution in [0.15, 0.2) is 59.5 Å². The van der Waals surface area contributed by atoms with Crippen molar-refractivity contribution in [3.05, 3.63) is 65.7 Å². The fourth-order valence-corrected chi connectivity index (χ4v) is 5.03. The molecule has 2 aromatic rings. The summed E-state index contributed by atoms with van der Waals surface area (Å²) in [6, 6.07) is 20.6. The number of hydrogen-bond acceptors (Lipinski definition) is 3. The Labute approximate surface area is 162 Å². The molecule has 2 aliphatic rings. The Kier molecular flexibility index (Phi) is 6.83. The largest absolute Gasteiger partial charge is 0.297 e. The predicted molar refractivity (Wildman–Crippen MR) is 110 cm³/mol. The first-order valence-electron chi connectivity index (χ1n) is 9.12. The fourth-order valence-electron chi connectivity index (χ4n) is 3.96. The standard InChI is InChI=1S/C21H26N2S.ClH/c1-2-7-18(8-3-1)17-22-12-14-23(15-13-22)20-10-6-16-24-21-11-5-4-9-19(20)21;/h1-5,7-9,11,20H,6,10,12-17H2;1H. The molecule has 2 nitrogen and oxygen atoms in total. The maximum Gasteiger partial charge on any atom is 0.0360 e. The lowest BCUT2D eigenvalue weighted by molar-refractivity contribution is 0.0869. The monoisotopic (exact) mass is 374 g/mol. The van der Waals surface area contributed by atoms with Gasteiger partial charge in [-0.3, -0.25) is 9.80 Å². The van der Waals surface area contributed by atoms with Gasteiger partial charge >= 0.3 is 0 Å². The van der Waals surface area contributed by atoms with Gasteiger partial charge in [0.1, 0.15) is 0 Å². The third-order valence-electron chi connectivity index (χ3n) is 5.25. The molecule has 0 bridgehead atoms. The lowest BCUT2D eigenvalue weighted by Gasteiger charge is -2.39. The molecule has 0 N–H and O–H groups in total. The Bertz CT molecular complexity index is 656. The van der Waals surface area contributed by atoms with E-state index in [0.717, 1.165) is 6.54 Å². The first kappa shape index (κ1) is 18.8. The second-order valence-electron chi connectivity index (χ2n) is 6.84. The van der Waals surface area contributed by atoms with Gasteiger partial charge in [-0.15, -0.1) is 24.2 Å². The number of nitrogens with zero attached hydrogens (tertiary/aromatic N) is 2. The van der Waals surface area contributed by atoms with E-state index in [0.29, 0.717) is 6.04 Å². The number of hydrogen-bond donors (Lipinski definition) is 0. The average molecular weight is 375 g/mol. The van der Waals surface area contributed by atoms with Gasteiger partial charge in [0.05, 0.1) is 0 Å². The molecule has 4 heteroatoms. The highest BCUT2D eigenvalue weighted by atomic mass is 35.5. The zero-order valence-corrected chi connectivity index (χ0v) is 16.3. The van der Waals surface area contributed by atoms with Gasteiger partial charge in [-0.25, -0.2) is 0 Å². The molecule has 2 aliphatic heterocycles. The highest BCUT2D eigenvalue weighted by Gasteiger charge is 2.27. The van der Waals surface area contributed by atoms with Crippen molar-refractivity contribution in [3.8, 4) is 0 Å². The van der Waals surface area contributed by atoms with Crippen molar-refractivity contribution in [2.24, 2.45) is 0 Å². The molecule has 134 valence electrons. The van der Waals surface area contributed by atoms with E-state index in [2.05, 4.69) is 64.4 Å². The van der Waals surface area contributed by atoms with E-state index in [-0.39, 0.29) is 12.4 Å². The van der Waals surface area contributed by atoms with Gasteiger partial charge in [-0.1, -0.05) is 48.5 Å². The van der Waals surface area contributed by atoms with E-state index in [4.69, 9.17) is 0 Å². The first-order valence-corrected chi connectivity index (χ1v) is 10.1. The first-order chi connectivity index (χ1) is 11.9. The third kappa shape index (κ3) is 4.59. The van der Waals surface area contributed by atoms with E-state index >= 15 is 0 Å². The second kappa shape index (κ2) is 9.09. The summed E-state index contributed by atoms with van der Waals surface area (Å²) in [5, 5.41) is 0. The molecule has 0 amide bonds. The van der Waals surface area contributed by atoms with Gasteiger partial charge < -0.3 is 0 Å². The van der Waals surface area contributed by atoms with Crippen molar-refractivity contribution in [1.82, 2.24) is 9.80 Å². The van der Waals surface area contributed by atoms with Crippen molar-refractivity contribution >= 4 is 24.2 Å². The molecular formula is C21H27ClN2S. The Morgan fingerprint density at radius 1 is 0.880 bits per heavy atom. The molecule has 0 radical (unpaired) electrons. The van der Waals surface area contributed by atoms with E-state index in [1.807, 2.05) is 11.8 Å². The molecule has 1 fully saturated rings. The number of thioether (sulfide) groups is 1. The Balaban J connectivity index is 0.00000182. The van der Waals surface area contributed by atoms with Crippen LogP contribution in [0.5, 0.6) is 0 Å². The smallest absolute Gasteiger partial charge is 0.0360 e. The number of rotatable bonds is 3. The third-order valence-corrected chi connectivity index (χ3v) is 6.43. The van der Waals surface area contributed by atoms with E-state index in [1.165, 1.54) is 55.2 Å². The second-order valence-corrected chi connectivity index (χ2v) is 7.98. The molecule has 1 atom stereocenters. The maximum absolute atomic E-state index is 2.73. The fraction of sp³-hybridized carbons (Fsp3) is 0.429. The number of fused-ring (bicyclic) bond motifs is 1. The summed E-state index contributed by atoms with van der Waals surface area (Å²) in [6.07, 6.45) is 2.64. The molecule has 0 saturated carbocycles. The molecule has 0 aromatic heterocycles. The predicted octanol–water partition coefficient (Wildman–Crippen LogP) is 4.85. The van der Waals surface area contributed by atoms with Gasteiger partial charge in [0.15, 0.2) is 0 Å². The minimum atomic E-state index is 0. The molecule has 1 unspecified atom stereocenters. The van der Waals surface area contributed by atoms with Crippen LogP contribution >= 0.6 is 24.2 Å². The summed E-state index contributed by atoms with van der Waals surface area (Å²) in [5.41, 5.74) is 3.00. The van der Waals surface area contributed by atoms with Gasteiger partial charge in [0.25, 0.3) is 0 Å². The van der Waals surface area contributed by atoms with Gasteiger partial charge in [-0.05, 0) is 35.8 Å². The van der Waals surface area contributed by atoms with Crippen LogP contribution in [0.25, 0.3) is 0 Å². The van der Waals surface area contributed by atoms with Crippen LogP contribution in [0.2, 0.25) is 0 Å². The van der Waals surface area contributed by atoms with E-state index in [1.54, 1.807) is 5.56 Å². The van der Waals surface area contributed by atoms with Crippen molar-refractivity contribution in [2.75, 3.05) is 31.9 Å². The Hall–Kier alpha value is -1.00. The van der Waals surface area contributed by atoms with Crippen molar-refractivity contribution in [3.63, 3.8) is 0 Å². The van der Waals surface area contributed by atoms with E-state index < -0.39 is 0 Å². The zero-order chi connectivity index (χ0) is 16.2. The van der Waals surface area contributed by atoms with Crippen molar-refractivity contribution in [2.45, 2.75) is 30.3 Å². The molecule has 1 saturated heterocycles. The number of halogens is 1. The minimum Gasteiger partial charge on any atom is -0.297 e. The van der Waals surface area contributed by atoms with Crippen LogP contribution in [0.4, 0.5) is 0 Å². The van der Waals surface area contributed by atoms with Crippen molar-refractivity contribution in [1.29, 1.82) is 0 Å². The highest BCUT2D eigenvalue weighted by molar-refractivity contribution is 7.99. The Morgan fingerprint density at radius 3 is 2.40 bits per heavy atom. The summed E-state index contributed by atoms with van der Waals surface area (Å²) < 4.78 is 0. The van der Waals surface area contributed by atoms with Crippen LogP contribution in [-0.4, -0.2) is 41.7 Å². The minimum absolute atomic E-state index is 0. The van der Waals surface area contributed by atoms with Crippen LogP contribution in [0.3, 0.4) is 0 Å². The molecule has 25 heavy (non-hydrogen) atoms. The number of piperazine rings is 1. The van der Waals surface area contributed by atoms with Crippen LogP contribution in [0, 0.1) is 0 Å². The van der Waals surface area contributed by atoms with Gasteiger partial charge in [0, 0.05) is 43.7 Å². The van der Waals surface area contributed by atoms with Gasteiger partial charge in [-0.2, -0.15) is 0 Å². The Morgan fingerprint density at radius 2 is 1.60 bits per heavy atom.